The molecule has 2 aromatic heterocycles. The first kappa shape index (κ1) is 9.78. The zero-order valence-corrected chi connectivity index (χ0v) is 9.53. The first-order chi connectivity index (χ1) is 7.72. The van der Waals surface area contributed by atoms with Crippen LogP contribution in [0.2, 0.25) is 0 Å². The third kappa shape index (κ3) is 1.59. The standard InChI is InChI=1S/C12H15N3O/c1-7-3-10-12(13-5-7)15-11(14-10)9-4-8(2)16-6-9/h3,5,8-9H,4,6H2,1-2H3,(H,13,14,15). The number of imidazole rings is 1. The predicted octanol–water partition coefficient (Wildman–Crippen LogP) is 2.16. The molecule has 1 N–H and O–H groups in total. The second kappa shape index (κ2) is 3.56. The monoisotopic (exact) mass is 217 g/mol. The van der Waals surface area contributed by atoms with E-state index in [1.165, 1.54) is 0 Å². The van der Waals surface area contributed by atoms with Gasteiger partial charge in [0.25, 0.3) is 0 Å². The summed E-state index contributed by atoms with van der Waals surface area (Å²) < 4.78 is 5.56. The fourth-order valence-electron chi connectivity index (χ4n) is 2.22. The van der Waals surface area contributed by atoms with Crippen molar-refractivity contribution in [1.82, 2.24) is 15.0 Å². The molecule has 16 heavy (non-hydrogen) atoms. The Morgan fingerprint density at radius 3 is 3.12 bits per heavy atom. The molecule has 3 rings (SSSR count). The van der Waals surface area contributed by atoms with Crippen molar-refractivity contribution in [3.05, 3.63) is 23.7 Å². The zero-order chi connectivity index (χ0) is 11.1. The molecule has 0 bridgehead atoms. The van der Waals surface area contributed by atoms with Crippen LogP contribution in [0.4, 0.5) is 0 Å². The number of pyridine rings is 1. The highest BCUT2D eigenvalue weighted by molar-refractivity contribution is 5.71. The van der Waals surface area contributed by atoms with E-state index in [9.17, 15) is 0 Å². The minimum atomic E-state index is 0.341. The second-order valence-corrected chi connectivity index (χ2v) is 4.58. The van der Waals surface area contributed by atoms with E-state index >= 15 is 0 Å². The van der Waals surface area contributed by atoms with Crippen LogP contribution < -0.4 is 0 Å². The van der Waals surface area contributed by atoms with Gasteiger partial charge in [0.15, 0.2) is 5.65 Å². The Hall–Kier alpha value is -1.42. The largest absolute Gasteiger partial charge is 0.378 e. The highest BCUT2D eigenvalue weighted by Crippen LogP contribution is 2.28. The highest BCUT2D eigenvalue weighted by atomic mass is 16.5. The van der Waals surface area contributed by atoms with Gasteiger partial charge in [-0.2, -0.15) is 0 Å². The normalized spacial score (nSPS) is 25.4. The Bertz CT molecular complexity index is 520. The Morgan fingerprint density at radius 1 is 1.50 bits per heavy atom. The van der Waals surface area contributed by atoms with Crippen molar-refractivity contribution in [1.29, 1.82) is 0 Å². The van der Waals surface area contributed by atoms with Crippen molar-refractivity contribution in [2.24, 2.45) is 0 Å². The molecule has 2 aromatic rings. The molecule has 4 heteroatoms. The van der Waals surface area contributed by atoms with Crippen molar-refractivity contribution >= 4 is 11.2 Å². The van der Waals surface area contributed by atoms with Gasteiger partial charge in [-0.15, -0.1) is 0 Å². The van der Waals surface area contributed by atoms with Gasteiger partial charge in [-0.1, -0.05) is 0 Å². The fraction of sp³-hybridized carbons (Fsp3) is 0.500. The Balaban J connectivity index is 1.99. The van der Waals surface area contributed by atoms with Crippen LogP contribution in [0.5, 0.6) is 0 Å². The van der Waals surface area contributed by atoms with E-state index in [0.29, 0.717) is 12.0 Å². The number of aryl methyl sites for hydroxylation is 1. The van der Waals surface area contributed by atoms with Gasteiger partial charge in [0.1, 0.15) is 5.82 Å². The average Bonchev–Trinajstić information content (AvgIpc) is 2.83. The lowest BCUT2D eigenvalue weighted by Crippen LogP contribution is -2.00. The molecule has 0 aromatic carbocycles. The van der Waals surface area contributed by atoms with Gasteiger partial charge in [-0.3, -0.25) is 0 Å². The van der Waals surface area contributed by atoms with Gasteiger partial charge in [0.2, 0.25) is 0 Å². The molecule has 1 aliphatic rings. The molecule has 84 valence electrons. The summed E-state index contributed by atoms with van der Waals surface area (Å²) in [6, 6.07) is 2.08. The fourth-order valence-corrected chi connectivity index (χ4v) is 2.22. The molecule has 1 aliphatic heterocycles. The SMILES string of the molecule is Cc1cnc2nc(C3COC(C)C3)[nH]c2c1. The molecule has 0 amide bonds. The predicted molar refractivity (Wildman–Crippen MR) is 61.4 cm³/mol. The first-order valence-corrected chi connectivity index (χ1v) is 5.66. The molecule has 0 radical (unpaired) electrons. The van der Waals surface area contributed by atoms with Gasteiger partial charge in [0, 0.05) is 12.1 Å². The van der Waals surface area contributed by atoms with Crippen LogP contribution in [0.25, 0.3) is 11.2 Å². The number of hydrogen-bond acceptors (Lipinski definition) is 3. The summed E-state index contributed by atoms with van der Waals surface area (Å²) in [6.07, 6.45) is 3.23. The number of fused-ring (bicyclic) bond motifs is 1. The molecule has 4 nitrogen and oxygen atoms in total. The summed E-state index contributed by atoms with van der Waals surface area (Å²) >= 11 is 0. The van der Waals surface area contributed by atoms with Gasteiger partial charge >= 0.3 is 0 Å². The lowest BCUT2D eigenvalue weighted by atomic mass is 10.1. The Morgan fingerprint density at radius 2 is 2.38 bits per heavy atom. The van der Waals surface area contributed by atoms with Crippen LogP contribution in [0.3, 0.4) is 0 Å². The van der Waals surface area contributed by atoms with Crippen LogP contribution in [-0.2, 0) is 4.74 Å². The van der Waals surface area contributed by atoms with Crippen molar-refractivity contribution in [3.8, 4) is 0 Å². The van der Waals surface area contributed by atoms with Gasteiger partial charge in [-0.05, 0) is 31.9 Å². The third-order valence-electron chi connectivity index (χ3n) is 3.08. The molecule has 1 saturated heterocycles. The molecular weight excluding hydrogens is 202 g/mol. The topological polar surface area (TPSA) is 50.8 Å². The molecule has 0 aliphatic carbocycles. The van der Waals surface area contributed by atoms with Crippen LogP contribution in [0, 0.1) is 6.92 Å². The third-order valence-corrected chi connectivity index (χ3v) is 3.08. The zero-order valence-electron chi connectivity index (χ0n) is 9.53. The lowest BCUT2D eigenvalue weighted by molar-refractivity contribution is 0.123. The van der Waals surface area contributed by atoms with E-state index in [-0.39, 0.29) is 0 Å². The van der Waals surface area contributed by atoms with Gasteiger partial charge < -0.3 is 9.72 Å². The van der Waals surface area contributed by atoms with E-state index in [1.54, 1.807) is 0 Å². The van der Waals surface area contributed by atoms with Crippen molar-refractivity contribution in [2.45, 2.75) is 32.3 Å². The summed E-state index contributed by atoms with van der Waals surface area (Å²) in [5.74, 6) is 1.40. The van der Waals surface area contributed by atoms with Crippen molar-refractivity contribution < 1.29 is 4.74 Å². The smallest absolute Gasteiger partial charge is 0.177 e. The van der Waals surface area contributed by atoms with E-state index in [0.717, 1.165) is 35.6 Å². The summed E-state index contributed by atoms with van der Waals surface area (Å²) in [6.45, 7) is 4.90. The highest BCUT2D eigenvalue weighted by Gasteiger charge is 2.26. The first-order valence-electron chi connectivity index (χ1n) is 5.66. The van der Waals surface area contributed by atoms with Gasteiger partial charge in [-0.25, -0.2) is 9.97 Å². The molecule has 2 unspecified atom stereocenters. The molecule has 0 saturated carbocycles. The quantitative estimate of drug-likeness (QED) is 0.796. The number of H-pyrrole nitrogens is 1. The van der Waals surface area contributed by atoms with E-state index < -0.39 is 0 Å². The molecule has 3 heterocycles. The Labute approximate surface area is 94.1 Å². The van der Waals surface area contributed by atoms with Crippen molar-refractivity contribution in [3.63, 3.8) is 0 Å². The molecular formula is C12H15N3O. The lowest BCUT2D eigenvalue weighted by Gasteiger charge is -2.01. The van der Waals surface area contributed by atoms with E-state index in [1.807, 2.05) is 13.1 Å². The number of nitrogens with zero attached hydrogens (tertiary/aromatic N) is 2. The number of aromatic nitrogens is 3. The van der Waals surface area contributed by atoms with E-state index in [4.69, 9.17) is 4.74 Å². The maximum Gasteiger partial charge on any atom is 0.177 e. The number of ether oxygens (including phenoxy) is 1. The Kier molecular flexibility index (Phi) is 2.17. The number of nitrogens with one attached hydrogen (secondary N) is 1. The summed E-state index contributed by atoms with van der Waals surface area (Å²) in [5.41, 5.74) is 2.98. The minimum Gasteiger partial charge on any atom is -0.378 e. The van der Waals surface area contributed by atoms with Crippen LogP contribution >= 0.6 is 0 Å². The van der Waals surface area contributed by atoms with Crippen LogP contribution in [-0.4, -0.2) is 27.7 Å². The average molecular weight is 217 g/mol. The summed E-state index contributed by atoms with van der Waals surface area (Å²) in [7, 11) is 0. The number of aromatic amines is 1. The molecule has 2 atom stereocenters. The summed E-state index contributed by atoms with van der Waals surface area (Å²) in [5, 5.41) is 0. The summed E-state index contributed by atoms with van der Waals surface area (Å²) in [4.78, 5) is 12.2. The number of rotatable bonds is 1. The maximum atomic E-state index is 5.56. The minimum absolute atomic E-state index is 0.341. The van der Waals surface area contributed by atoms with Crippen LogP contribution in [0.1, 0.15) is 30.7 Å². The van der Waals surface area contributed by atoms with E-state index in [2.05, 4.69) is 27.9 Å². The molecule has 1 fully saturated rings. The molecule has 0 spiro atoms. The van der Waals surface area contributed by atoms with Gasteiger partial charge in [0.05, 0.1) is 18.2 Å². The van der Waals surface area contributed by atoms with Crippen LogP contribution in [0.15, 0.2) is 12.3 Å². The maximum absolute atomic E-state index is 5.56. The number of hydrogen-bond donors (Lipinski definition) is 1. The second-order valence-electron chi connectivity index (χ2n) is 4.58. The van der Waals surface area contributed by atoms with Crippen molar-refractivity contribution in [2.75, 3.05) is 6.61 Å².